The van der Waals surface area contributed by atoms with E-state index in [9.17, 15) is 24.8 Å². The SMILES string of the molecule is CC(C)OC(=O)OCOP(=O)(OC[C@H]1O[C@@](C#N)(c2ccc3c(N)ncnn23)[C@H](O)[C@@H]1O)Oc1ccccc1. The monoisotopic (exact) mass is 563 g/mol. The predicted molar refractivity (Wildman–Crippen MR) is 131 cm³/mol. The minimum absolute atomic E-state index is 0.0696. The van der Waals surface area contributed by atoms with Crippen LogP contribution in [0.4, 0.5) is 10.6 Å². The van der Waals surface area contributed by atoms with E-state index in [2.05, 4.69) is 10.1 Å². The van der Waals surface area contributed by atoms with Gasteiger partial charge in [-0.2, -0.15) is 10.4 Å². The van der Waals surface area contributed by atoms with E-state index in [4.69, 9.17) is 33.5 Å². The number of carbonyl (C=O) groups is 1. The van der Waals surface area contributed by atoms with E-state index in [1.807, 2.05) is 6.07 Å². The molecule has 0 aliphatic carbocycles. The number of hydrogen-bond donors (Lipinski definition) is 3. The zero-order chi connectivity index (χ0) is 28.2. The molecule has 1 aromatic carbocycles. The lowest BCUT2D eigenvalue weighted by molar-refractivity contribution is -0.0670. The molecule has 16 heteroatoms. The number of nitrogen functional groups attached to an aromatic ring is 1. The van der Waals surface area contributed by atoms with Crippen molar-refractivity contribution in [2.24, 2.45) is 0 Å². The van der Waals surface area contributed by atoms with Gasteiger partial charge in [0.2, 0.25) is 12.4 Å². The maximum absolute atomic E-state index is 13.4. The summed E-state index contributed by atoms with van der Waals surface area (Å²) in [4.78, 5) is 15.5. The van der Waals surface area contributed by atoms with E-state index < -0.39 is 57.4 Å². The molecule has 208 valence electrons. The smallest absolute Gasteiger partial charge is 0.432 e. The van der Waals surface area contributed by atoms with Gasteiger partial charge in [-0.15, -0.1) is 0 Å². The Morgan fingerprint density at radius 2 is 2.00 bits per heavy atom. The van der Waals surface area contributed by atoms with Crippen molar-refractivity contribution in [2.75, 3.05) is 19.1 Å². The van der Waals surface area contributed by atoms with Crippen LogP contribution < -0.4 is 10.3 Å². The molecular weight excluding hydrogens is 537 g/mol. The summed E-state index contributed by atoms with van der Waals surface area (Å²) >= 11 is 0. The van der Waals surface area contributed by atoms with Crippen LogP contribution in [0.1, 0.15) is 19.5 Å². The van der Waals surface area contributed by atoms with Gasteiger partial charge in [0.25, 0.3) is 0 Å². The van der Waals surface area contributed by atoms with E-state index in [0.29, 0.717) is 5.52 Å². The lowest BCUT2D eigenvalue weighted by Crippen LogP contribution is -2.41. The number of rotatable bonds is 10. The van der Waals surface area contributed by atoms with Gasteiger partial charge in [-0.05, 0) is 38.1 Å². The first-order valence-electron chi connectivity index (χ1n) is 11.6. The Labute approximate surface area is 222 Å². The number of anilines is 1. The lowest BCUT2D eigenvalue weighted by Gasteiger charge is -2.24. The second kappa shape index (κ2) is 11.5. The van der Waals surface area contributed by atoms with E-state index in [1.54, 1.807) is 32.0 Å². The number of phosphoric acid groups is 1. The van der Waals surface area contributed by atoms with Crippen LogP contribution in [0.15, 0.2) is 48.8 Å². The number of aromatic nitrogens is 3. The third-order valence-corrected chi connectivity index (χ3v) is 6.88. The highest BCUT2D eigenvalue weighted by Crippen LogP contribution is 2.50. The highest BCUT2D eigenvalue weighted by molar-refractivity contribution is 7.48. The molecule has 1 fully saturated rings. The third-order valence-electron chi connectivity index (χ3n) is 5.56. The Kier molecular flexibility index (Phi) is 8.36. The Morgan fingerprint density at radius 3 is 2.69 bits per heavy atom. The molecule has 5 atom stereocenters. The second-order valence-corrected chi connectivity index (χ2v) is 10.1. The Morgan fingerprint density at radius 1 is 1.26 bits per heavy atom. The summed E-state index contributed by atoms with van der Waals surface area (Å²) in [5.41, 5.74) is 4.17. The largest absolute Gasteiger partial charge is 0.533 e. The van der Waals surface area contributed by atoms with Crippen LogP contribution in [-0.4, -0.2) is 68.8 Å². The third kappa shape index (κ3) is 5.96. The molecule has 0 bridgehead atoms. The number of para-hydroxylation sites is 1. The topological polar surface area (TPSA) is 210 Å². The molecule has 3 heterocycles. The fourth-order valence-corrected chi connectivity index (χ4v) is 4.85. The number of hydrogen-bond acceptors (Lipinski definition) is 14. The molecule has 3 aromatic rings. The standard InChI is InChI=1S/C23H26N5O10P/c1-14(2)36-22(31)33-13-35-39(32,38-15-6-4-3-5-7-15)34-10-17-19(29)20(30)23(11-24,37-17)18-9-8-16-21(25)26-12-27-28(16)18/h3-9,12,14,17,19-20,29-30H,10,13H2,1-2H3,(H2,25,26,27)/t17-,19-,20-,23+,39?/m1/s1. The number of aliphatic hydroxyl groups excluding tert-OH is 2. The molecule has 0 spiro atoms. The average molecular weight is 563 g/mol. The molecule has 1 saturated heterocycles. The zero-order valence-corrected chi connectivity index (χ0v) is 21.7. The molecular formula is C23H26N5O10P. The number of nitrogens with two attached hydrogens (primary N) is 1. The first-order chi connectivity index (χ1) is 18.6. The van der Waals surface area contributed by atoms with Gasteiger partial charge >= 0.3 is 14.0 Å². The molecule has 1 unspecified atom stereocenters. The lowest BCUT2D eigenvalue weighted by atomic mass is 9.92. The first-order valence-corrected chi connectivity index (χ1v) is 13.1. The summed E-state index contributed by atoms with van der Waals surface area (Å²) in [6.45, 7) is 1.69. The molecule has 4 N–H and O–H groups in total. The fraction of sp³-hybridized carbons (Fsp3) is 0.391. The van der Waals surface area contributed by atoms with Crippen molar-refractivity contribution in [1.82, 2.24) is 14.6 Å². The molecule has 15 nitrogen and oxygen atoms in total. The van der Waals surface area contributed by atoms with Crippen molar-refractivity contribution in [3.8, 4) is 11.8 Å². The van der Waals surface area contributed by atoms with Crippen molar-refractivity contribution >= 4 is 25.3 Å². The maximum Gasteiger partial charge on any atom is 0.533 e. The molecule has 4 rings (SSSR count). The summed E-state index contributed by atoms with van der Waals surface area (Å²) in [7, 11) is -4.52. The van der Waals surface area contributed by atoms with Gasteiger partial charge in [0.15, 0.2) is 5.82 Å². The van der Waals surface area contributed by atoms with Crippen LogP contribution in [0.5, 0.6) is 5.75 Å². The minimum atomic E-state index is -4.52. The summed E-state index contributed by atoms with van der Waals surface area (Å²) < 4.78 is 45.9. The van der Waals surface area contributed by atoms with Crippen LogP contribution in [0.25, 0.3) is 5.52 Å². The van der Waals surface area contributed by atoms with Crippen LogP contribution in [0.2, 0.25) is 0 Å². The number of carbonyl (C=O) groups excluding carboxylic acids is 1. The van der Waals surface area contributed by atoms with E-state index in [-0.39, 0.29) is 17.3 Å². The van der Waals surface area contributed by atoms with Crippen LogP contribution in [-0.2, 0) is 33.4 Å². The average Bonchev–Trinajstić information content (AvgIpc) is 3.44. The summed E-state index contributed by atoms with van der Waals surface area (Å²) in [6, 6.07) is 12.7. The minimum Gasteiger partial charge on any atom is -0.432 e. The molecule has 0 amide bonds. The van der Waals surface area contributed by atoms with Crippen molar-refractivity contribution in [3.63, 3.8) is 0 Å². The van der Waals surface area contributed by atoms with Crippen molar-refractivity contribution in [3.05, 3.63) is 54.5 Å². The molecule has 1 aliphatic heterocycles. The number of aliphatic hydroxyl groups is 2. The first kappa shape index (κ1) is 28.2. The number of fused-ring (bicyclic) bond motifs is 1. The summed E-state index contributed by atoms with van der Waals surface area (Å²) in [5, 5.41) is 35.7. The Balaban J connectivity index is 1.52. The highest BCUT2D eigenvalue weighted by atomic mass is 31.2. The van der Waals surface area contributed by atoms with Crippen LogP contribution in [0.3, 0.4) is 0 Å². The highest BCUT2D eigenvalue weighted by Gasteiger charge is 2.58. The summed E-state index contributed by atoms with van der Waals surface area (Å²) in [6.07, 6.45) is -5.20. The molecule has 1 aliphatic rings. The Bertz CT molecular complexity index is 1400. The Hall–Kier alpha value is -3.77. The maximum atomic E-state index is 13.4. The van der Waals surface area contributed by atoms with E-state index >= 15 is 0 Å². The number of ether oxygens (including phenoxy) is 3. The van der Waals surface area contributed by atoms with Crippen molar-refractivity contribution < 1.29 is 47.4 Å². The predicted octanol–water partition coefficient (Wildman–Crippen LogP) is 1.89. The van der Waals surface area contributed by atoms with Gasteiger partial charge in [0, 0.05) is 0 Å². The molecule has 0 saturated carbocycles. The van der Waals surface area contributed by atoms with Gasteiger partial charge in [-0.25, -0.2) is 23.4 Å². The van der Waals surface area contributed by atoms with Gasteiger partial charge in [0.05, 0.1) is 18.4 Å². The van der Waals surface area contributed by atoms with Crippen LogP contribution >= 0.6 is 7.82 Å². The van der Waals surface area contributed by atoms with Gasteiger partial charge in [-0.3, -0.25) is 4.52 Å². The van der Waals surface area contributed by atoms with E-state index in [0.717, 1.165) is 6.33 Å². The van der Waals surface area contributed by atoms with E-state index in [1.165, 1.54) is 28.8 Å². The number of benzene rings is 1. The van der Waals surface area contributed by atoms with Crippen molar-refractivity contribution in [1.29, 1.82) is 5.26 Å². The van der Waals surface area contributed by atoms with Gasteiger partial charge in [-0.1, -0.05) is 18.2 Å². The molecule has 2 aromatic heterocycles. The zero-order valence-electron chi connectivity index (χ0n) is 20.8. The molecule has 0 radical (unpaired) electrons. The molecule has 39 heavy (non-hydrogen) atoms. The fourth-order valence-electron chi connectivity index (χ4n) is 3.78. The summed E-state index contributed by atoms with van der Waals surface area (Å²) in [5.74, 6) is 0.217. The van der Waals surface area contributed by atoms with Crippen molar-refractivity contribution in [2.45, 2.75) is 43.9 Å². The number of phosphoric ester groups is 1. The second-order valence-electron chi connectivity index (χ2n) is 8.56. The normalized spacial score (nSPS) is 24.3. The van der Waals surface area contributed by atoms with Gasteiger partial charge in [0.1, 0.15) is 42.0 Å². The quantitative estimate of drug-likeness (QED) is 0.183. The van der Waals surface area contributed by atoms with Gasteiger partial charge < -0.3 is 34.7 Å². The number of nitrogens with zero attached hydrogens (tertiary/aromatic N) is 4. The number of nitriles is 1. The van der Waals surface area contributed by atoms with Crippen LogP contribution in [0, 0.1) is 11.3 Å².